The van der Waals surface area contributed by atoms with Crippen LogP contribution in [0.2, 0.25) is 0 Å². The molecule has 0 spiro atoms. The van der Waals surface area contributed by atoms with Crippen molar-refractivity contribution in [2.45, 2.75) is 13.8 Å². The zero-order valence-corrected chi connectivity index (χ0v) is 19.4. The van der Waals surface area contributed by atoms with E-state index in [1.807, 2.05) is 69.3 Å². The third-order valence-corrected chi connectivity index (χ3v) is 4.49. The van der Waals surface area contributed by atoms with Crippen molar-refractivity contribution in [2.24, 2.45) is 10.2 Å². The van der Waals surface area contributed by atoms with Crippen molar-refractivity contribution in [3.8, 4) is 0 Å². The molecule has 0 aliphatic heterocycles. The second-order valence-corrected chi connectivity index (χ2v) is 7.49. The highest BCUT2D eigenvalue weighted by Crippen LogP contribution is 2.12. The molecule has 32 heavy (non-hydrogen) atoms. The lowest BCUT2D eigenvalue weighted by Crippen LogP contribution is -2.29. The Balaban J connectivity index is 0.000000837. The van der Waals surface area contributed by atoms with Crippen LogP contribution < -0.4 is 19.6 Å². The van der Waals surface area contributed by atoms with Crippen LogP contribution in [0.3, 0.4) is 0 Å². The van der Waals surface area contributed by atoms with Crippen LogP contribution in [0.4, 0.5) is 11.4 Å². The number of benzene rings is 2. The highest BCUT2D eigenvalue weighted by Gasteiger charge is 2.10. The molecule has 168 valence electrons. The molecule has 3 rings (SSSR count). The van der Waals surface area contributed by atoms with E-state index in [1.165, 1.54) is 11.4 Å². The van der Waals surface area contributed by atoms with Gasteiger partial charge in [-0.05, 0) is 42.3 Å². The van der Waals surface area contributed by atoms with Gasteiger partial charge in [-0.15, -0.1) is 9.35 Å². The summed E-state index contributed by atoms with van der Waals surface area (Å²) in [5.74, 6) is -0.165. The van der Waals surface area contributed by atoms with Gasteiger partial charge in [0.25, 0.3) is 0 Å². The SMILES string of the molecule is CC(=O)[O-].Cc1n(/N=C/c2ccc(N(C)C)cc2)cc[n+]1/N=C/c1ccc(N(C)C)cc1. The van der Waals surface area contributed by atoms with E-state index in [4.69, 9.17) is 9.90 Å². The molecular formula is C24H30N6O2. The average molecular weight is 435 g/mol. The third kappa shape index (κ3) is 7.39. The molecule has 0 saturated carbocycles. The second kappa shape index (κ2) is 11.5. The number of hydrogen-bond acceptors (Lipinski definition) is 6. The van der Waals surface area contributed by atoms with Crippen LogP contribution >= 0.6 is 0 Å². The molecule has 0 N–H and O–H groups in total. The molecule has 2 aromatic carbocycles. The first-order valence-corrected chi connectivity index (χ1v) is 10.1. The number of carboxylic acids is 1. The van der Waals surface area contributed by atoms with Gasteiger partial charge in [-0.3, -0.25) is 0 Å². The molecular weight excluding hydrogens is 404 g/mol. The molecule has 0 aliphatic carbocycles. The zero-order valence-electron chi connectivity index (χ0n) is 19.4. The fourth-order valence-electron chi connectivity index (χ4n) is 2.67. The monoisotopic (exact) mass is 434 g/mol. The van der Waals surface area contributed by atoms with E-state index in [0.717, 1.165) is 23.9 Å². The summed E-state index contributed by atoms with van der Waals surface area (Å²) < 4.78 is 3.62. The first-order chi connectivity index (χ1) is 15.2. The molecule has 0 saturated heterocycles. The third-order valence-electron chi connectivity index (χ3n) is 4.49. The number of carboxylic acid groups (broad SMARTS) is 1. The Morgan fingerprint density at radius 3 is 1.78 bits per heavy atom. The lowest BCUT2D eigenvalue weighted by atomic mass is 10.2. The van der Waals surface area contributed by atoms with E-state index in [1.54, 1.807) is 0 Å². The molecule has 0 unspecified atom stereocenters. The van der Waals surface area contributed by atoms with Gasteiger partial charge < -0.3 is 19.7 Å². The maximum Gasteiger partial charge on any atom is 0.304 e. The zero-order chi connectivity index (χ0) is 23.7. The predicted molar refractivity (Wildman–Crippen MR) is 128 cm³/mol. The molecule has 0 atom stereocenters. The van der Waals surface area contributed by atoms with Crippen LogP contribution in [0.5, 0.6) is 0 Å². The number of nitrogens with zero attached hydrogens (tertiary/aromatic N) is 6. The Labute approximate surface area is 189 Å². The minimum Gasteiger partial charge on any atom is -0.550 e. The molecule has 1 aromatic heterocycles. The van der Waals surface area contributed by atoms with Gasteiger partial charge in [-0.25, -0.2) is 0 Å². The highest BCUT2D eigenvalue weighted by molar-refractivity contribution is 5.80. The normalized spacial score (nSPS) is 10.8. The van der Waals surface area contributed by atoms with Gasteiger partial charge in [0.15, 0.2) is 12.4 Å². The summed E-state index contributed by atoms with van der Waals surface area (Å²) in [7, 11) is 8.12. The predicted octanol–water partition coefficient (Wildman–Crippen LogP) is 1.74. The van der Waals surface area contributed by atoms with Crippen molar-refractivity contribution in [3.63, 3.8) is 0 Å². The molecule has 8 nitrogen and oxygen atoms in total. The molecule has 1 heterocycles. The molecule has 3 aromatic rings. The number of hydrogen-bond donors (Lipinski definition) is 0. The van der Waals surface area contributed by atoms with Crippen LogP contribution in [-0.2, 0) is 4.79 Å². The van der Waals surface area contributed by atoms with E-state index in [0.29, 0.717) is 0 Å². The number of rotatable bonds is 6. The minimum atomic E-state index is -1.08. The number of aromatic nitrogens is 2. The summed E-state index contributed by atoms with van der Waals surface area (Å²) in [6.07, 6.45) is 7.49. The van der Waals surface area contributed by atoms with Crippen molar-refractivity contribution >= 4 is 29.8 Å². The first kappa shape index (κ1) is 24.3. The summed E-state index contributed by atoms with van der Waals surface area (Å²) >= 11 is 0. The van der Waals surface area contributed by atoms with E-state index < -0.39 is 5.97 Å². The number of carbonyl (C=O) groups excluding carboxylic acids is 1. The standard InChI is InChI=1S/C22H27N6.C2H4O2/c1-18-27(23-16-19-6-10-21(11-7-19)25(2)3)14-15-28(18)24-17-20-8-12-22(13-9-20)26(4)5;1-2(3)4/h6-17H,1-5H3;1H3,(H,3,4)/q+1;/p-1/b23-16+,24-17+;. The molecule has 0 fully saturated rings. The van der Waals surface area contributed by atoms with Crippen LogP contribution in [0.25, 0.3) is 0 Å². The summed E-state index contributed by atoms with van der Waals surface area (Å²) in [6.45, 7) is 2.96. The summed E-state index contributed by atoms with van der Waals surface area (Å²) in [4.78, 5) is 13.0. The van der Waals surface area contributed by atoms with E-state index in [-0.39, 0.29) is 0 Å². The quantitative estimate of drug-likeness (QED) is 0.437. The highest BCUT2D eigenvalue weighted by atomic mass is 16.4. The number of aliphatic carboxylic acids is 1. The largest absolute Gasteiger partial charge is 0.550 e. The van der Waals surface area contributed by atoms with Crippen molar-refractivity contribution in [1.82, 2.24) is 4.68 Å². The van der Waals surface area contributed by atoms with Gasteiger partial charge in [-0.1, -0.05) is 34.5 Å². The van der Waals surface area contributed by atoms with Gasteiger partial charge in [-0.2, -0.15) is 0 Å². The van der Waals surface area contributed by atoms with E-state index in [2.05, 4.69) is 68.5 Å². The van der Waals surface area contributed by atoms with Gasteiger partial charge in [0.05, 0.1) is 12.4 Å². The maximum atomic E-state index is 8.89. The van der Waals surface area contributed by atoms with Crippen molar-refractivity contribution in [2.75, 3.05) is 38.0 Å². The lowest BCUT2D eigenvalue weighted by Gasteiger charge is -2.11. The minimum absolute atomic E-state index is 0.919. The Morgan fingerprint density at radius 1 is 0.906 bits per heavy atom. The van der Waals surface area contributed by atoms with E-state index in [9.17, 15) is 0 Å². The van der Waals surface area contributed by atoms with Gasteiger partial charge >= 0.3 is 5.82 Å². The smallest absolute Gasteiger partial charge is 0.304 e. The number of carbonyl (C=O) groups is 1. The first-order valence-electron chi connectivity index (χ1n) is 10.1. The van der Waals surface area contributed by atoms with Crippen molar-refractivity contribution in [3.05, 3.63) is 77.9 Å². The molecule has 0 radical (unpaired) electrons. The molecule has 0 aliphatic rings. The van der Waals surface area contributed by atoms with Gasteiger partial charge in [0, 0.05) is 52.5 Å². The van der Waals surface area contributed by atoms with E-state index >= 15 is 0 Å². The van der Waals surface area contributed by atoms with Crippen molar-refractivity contribution < 1.29 is 14.6 Å². The van der Waals surface area contributed by atoms with Crippen LogP contribution in [0, 0.1) is 6.92 Å². The van der Waals surface area contributed by atoms with Crippen molar-refractivity contribution in [1.29, 1.82) is 0 Å². The average Bonchev–Trinajstić information content (AvgIpc) is 3.10. The molecule has 0 amide bonds. The van der Waals surface area contributed by atoms with Gasteiger partial charge in [0.2, 0.25) is 0 Å². The van der Waals surface area contributed by atoms with Gasteiger partial charge in [0.1, 0.15) is 0 Å². The number of anilines is 2. The molecule has 0 bridgehead atoms. The maximum absolute atomic E-state index is 8.89. The summed E-state index contributed by atoms with van der Waals surface area (Å²) in [5.41, 5.74) is 4.43. The van der Waals surface area contributed by atoms with Crippen LogP contribution in [-0.4, -0.2) is 51.3 Å². The van der Waals surface area contributed by atoms with Crippen LogP contribution in [0.1, 0.15) is 23.9 Å². The summed E-state index contributed by atoms with van der Waals surface area (Å²) in [5, 5.41) is 18.0. The summed E-state index contributed by atoms with van der Waals surface area (Å²) in [6, 6.07) is 16.5. The topological polar surface area (TPSA) is 80.1 Å². The Bertz CT molecular complexity index is 982. The fourth-order valence-corrected chi connectivity index (χ4v) is 2.67. The fraction of sp³-hybridized carbons (Fsp3) is 0.250. The number of imidazole rings is 1. The lowest BCUT2D eigenvalue weighted by molar-refractivity contribution is -0.684. The molecule has 8 heteroatoms. The Kier molecular flexibility index (Phi) is 8.71. The Morgan fingerprint density at radius 2 is 1.34 bits per heavy atom. The van der Waals surface area contributed by atoms with Crippen LogP contribution in [0.15, 0.2) is 71.1 Å². The second-order valence-electron chi connectivity index (χ2n) is 7.49. The Hall–Kier alpha value is -3.94.